The standard InChI is InChI=1S/C16H19ClN2O2/c1-18-11-4-6-14-13(8-16(20)21-2)12-5-3-10(17)7-15(12)19(14)9-11/h3,5,7,11,18H,4,6,8-9H2,1-2H3. The third kappa shape index (κ3) is 2.54. The Kier molecular flexibility index (Phi) is 3.91. The Balaban J connectivity index is 2.16. The number of halogens is 1. The number of rotatable bonds is 3. The number of hydrogen-bond acceptors (Lipinski definition) is 3. The molecule has 0 bridgehead atoms. The second kappa shape index (κ2) is 5.70. The van der Waals surface area contributed by atoms with Crippen LogP contribution in [0.15, 0.2) is 18.2 Å². The predicted molar refractivity (Wildman–Crippen MR) is 83.8 cm³/mol. The Morgan fingerprint density at radius 1 is 1.52 bits per heavy atom. The topological polar surface area (TPSA) is 43.3 Å². The van der Waals surface area contributed by atoms with Crippen molar-refractivity contribution in [3.8, 4) is 0 Å². The SMILES string of the molecule is CNC1CCc2c(CC(=O)OC)c3ccc(Cl)cc3n2C1. The van der Waals surface area contributed by atoms with Crippen LogP contribution in [-0.2, 0) is 28.9 Å². The number of aromatic nitrogens is 1. The molecule has 0 radical (unpaired) electrons. The molecule has 1 aliphatic rings. The van der Waals surface area contributed by atoms with Crippen molar-refractivity contribution in [2.24, 2.45) is 0 Å². The first-order chi connectivity index (χ1) is 10.1. The van der Waals surface area contributed by atoms with Gasteiger partial charge >= 0.3 is 5.97 Å². The van der Waals surface area contributed by atoms with Crippen LogP contribution in [0.25, 0.3) is 10.9 Å². The Morgan fingerprint density at radius 2 is 2.33 bits per heavy atom. The second-order valence-corrected chi connectivity index (χ2v) is 5.91. The molecule has 0 fully saturated rings. The van der Waals surface area contributed by atoms with Gasteiger partial charge in [0.1, 0.15) is 0 Å². The Morgan fingerprint density at radius 3 is 3.05 bits per heavy atom. The first-order valence-corrected chi connectivity index (χ1v) is 7.55. The number of fused-ring (bicyclic) bond motifs is 3. The van der Waals surface area contributed by atoms with E-state index in [1.54, 1.807) is 0 Å². The van der Waals surface area contributed by atoms with Crippen LogP contribution in [0.4, 0.5) is 0 Å². The van der Waals surface area contributed by atoms with Crippen molar-refractivity contribution < 1.29 is 9.53 Å². The number of carbonyl (C=O) groups excluding carboxylic acids is 1. The molecule has 21 heavy (non-hydrogen) atoms. The summed E-state index contributed by atoms with van der Waals surface area (Å²) in [5, 5.41) is 5.17. The fraction of sp³-hybridized carbons (Fsp3) is 0.438. The summed E-state index contributed by atoms with van der Waals surface area (Å²) in [7, 11) is 3.42. The van der Waals surface area contributed by atoms with Gasteiger partial charge in [0.15, 0.2) is 0 Å². The minimum atomic E-state index is -0.198. The molecule has 5 heteroatoms. The number of ether oxygens (including phenoxy) is 1. The second-order valence-electron chi connectivity index (χ2n) is 5.47. The molecule has 0 saturated heterocycles. The molecule has 0 spiro atoms. The van der Waals surface area contributed by atoms with Crippen molar-refractivity contribution in [2.75, 3.05) is 14.2 Å². The summed E-state index contributed by atoms with van der Waals surface area (Å²) in [5.41, 5.74) is 3.43. The summed E-state index contributed by atoms with van der Waals surface area (Å²) >= 11 is 6.15. The van der Waals surface area contributed by atoms with Gasteiger partial charge in [0, 0.05) is 28.7 Å². The third-order valence-corrected chi connectivity index (χ3v) is 4.57. The van der Waals surface area contributed by atoms with Gasteiger partial charge in [-0.25, -0.2) is 0 Å². The quantitative estimate of drug-likeness (QED) is 0.886. The van der Waals surface area contributed by atoms with E-state index in [9.17, 15) is 4.79 Å². The van der Waals surface area contributed by atoms with Gasteiger partial charge in [-0.05, 0) is 37.6 Å². The van der Waals surface area contributed by atoms with Crippen molar-refractivity contribution >= 4 is 28.5 Å². The van der Waals surface area contributed by atoms with E-state index in [4.69, 9.17) is 16.3 Å². The van der Waals surface area contributed by atoms with Crippen molar-refractivity contribution in [2.45, 2.75) is 31.8 Å². The van der Waals surface area contributed by atoms with E-state index in [2.05, 4.69) is 9.88 Å². The summed E-state index contributed by atoms with van der Waals surface area (Å²) in [4.78, 5) is 11.7. The molecule has 1 unspecified atom stereocenters. The van der Waals surface area contributed by atoms with E-state index in [0.717, 1.165) is 40.9 Å². The smallest absolute Gasteiger partial charge is 0.310 e. The van der Waals surface area contributed by atoms with Gasteiger partial charge in [0.25, 0.3) is 0 Å². The van der Waals surface area contributed by atoms with Crippen molar-refractivity contribution in [1.29, 1.82) is 0 Å². The lowest BCUT2D eigenvalue weighted by atomic mass is 10.0. The fourth-order valence-corrected chi connectivity index (χ4v) is 3.38. The van der Waals surface area contributed by atoms with E-state index >= 15 is 0 Å². The van der Waals surface area contributed by atoms with Gasteiger partial charge in [0.05, 0.1) is 19.0 Å². The molecule has 1 atom stereocenters. The summed E-state index contributed by atoms with van der Waals surface area (Å²) < 4.78 is 7.14. The van der Waals surface area contributed by atoms with E-state index in [1.165, 1.54) is 12.8 Å². The van der Waals surface area contributed by atoms with Crippen LogP contribution in [0, 0.1) is 0 Å². The number of nitrogens with zero attached hydrogens (tertiary/aromatic N) is 1. The van der Waals surface area contributed by atoms with Gasteiger partial charge in [-0.15, -0.1) is 0 Å². The molecule has 1 aromatic carbocycles. The minimum Gasteiger partial charge on any atom is -0.469 e. The highest BCUT2D eigenvalue weighted by Gasteiger charge is 2.25. The maximum atomic E-state index is 11.7. The van der Waals surface area contributed by atoms with E-state index < -0.39 is 0 Å². The van der Waals surface area contributed by atoms with Gasteiger partial charge < -0.3 is 14.6 Å². The zero-order chi connectivity index (χ0) is 15.0. The van der Waals surface area contributed by atoms with Crippen molar-refractivity contribution in [1.82, 2.24) is 9.88 Å². The molecule has 3 rings (SSSR count). The van der Waals surface area contributed by atoms with Crippen LogP contribution in [0.2, 0.25) is 5.02 Å². The van der Waals surface area contributed by atoms with Gasteiger partial charge in [0.2, 0.25) is 0 Å². The number of methoxy groups -OCH3 is 1. The first-order valence-electron chi connectivity index (χ1n) is 7.17. The molecule has 112 valence electrons. The molecule has 4 nitrogen and oxygen atoms in total. The number of nitrogens with one attached hydrogen (secondary N) is 1. The molecule has 2 aromatic rings. The molecule has 0 amide bonds. The van der Waals surface area contributed by atoms with E-state index in [0.29, 0.717) is 12.5 Å². The van der Waals surface area contributed by atoms with Crippen LogP contribution in [0.1, 0.15) is 17.7 Å². The molecule has 1 aliphatic heterocycles. The molecule has 0 saturated carbocycles. The maximum Gasteiger partial charge on any atom is 0.310 e. The molecule has 0 aliphatic carbocycles. The first kappa shape index (κ1) is 14.4. The highest BCUT2D eigenvalue weighted by atomic mass is 35.5. The Labute approximate surface area is 129 Å². The van der Waals surface area contributed by atoms with E-state index in [1.807, 2.05) is 25.2 Å². The van der Waals surface area contributed by atoms with Crippen molar-refractivity contribution in [3.63, 3.8) is 0 Å². The largest absolute Gasteiger partial charge is 0.469 e. The van der Waals surface area contributed by atoms with Gasteiger partial charge in [-0.1, -0.05) is 17.7 Å². The van der Waals surface area contributed by atoms with Crippen LogP contribution >= 0.6 is 11.6 Å². The van der Waals surface area contributed by atoms with E-state index in [-0.39, 0.29) is 5.97 Å². The molecule has 2 heterocycles. The zero-order valence-electron chi connectivity index (χ0n) is 12.3. The fourth-order valence-electron chi connectivity index (χ4n) is 3.21. The van der Waals surface area contributed by atoms with Gasteiger partial charge in [-0.3, -0.25) is 4.79 Å². The lowest BCUT2D eigenvalue weighted by molar-refractivity contribution is -0.139. The zero-order valence-corrected chi connectivity index (χ0v) is 13.0. The van der Waals surface area contributed by atoms with Crippen molar-refractivity contribution in [3.05, 3.63) is 34.5 Å². The highest BCUT2D eigenvalue weighted by molar-refractivity contribution is 6.31. The summed E-state index contributed by atoms with van der Waals surface area (Å²) in [5.74, 6) is -0.198. The Hall–Kier alpha value is -1.52. The maximum absolute atomic E-state index is 11.7. The molecular weight excluding hydrogens is 288 g/mol. The average molecular weight is 307 g/mol. The van der Waals surface area contributed by atoms with Crippen LogP contribution in [0.3, 0.4) is 0 Å². The molecular formula is C16H19ClN2O2. The predicted octanol–water partition coefficient (Wildman–Crippen LogP) is 2.54. The number of hydrogen-bond donors (Lipinski definition) is 1. The minimum absolute atomic E-state index is 0.198. The summed E-state index contributed by atoms with van der Waals surface area (Å²) in [6.07, 6.45) is 2.36. The van der Waals surface area contributed by atoms with Crippen LogP contribution < -0.4 is 5.32 Å². The number of likely N-dealkylation sites (N-methyl/N-ethyl adjacent to an activating group) is 1. The monoisotopic (exact) mass is 306 g/mol. The van der Waals surface area contributed by atoms with Crippen LogP contribution in [-0.4, -0.2) is 30.7 Å². The molecule has 1 N–H and O–H groups in total. The number of carbonyl (C=O) groups is 1. The highest BCUT2D eigenvalue weighted by Crippen LogP contribution is 2.33. The van der Waals surface area contributed by atoms with Crippen LogP contribution in [0.5, 0.6) is 0 Å². The number of esters is 1. The number of benzene rings is 1. The van der Waals surface area contributed by atoms with Gasteiger partial charge in [-0.2, -0.15) is 0 Å². The normalized spacial score (nSPS) is 17.8. The Bertz CT molecular complexity index is 693. The average Bonchev–Trinajstić information content (AvgIpc) is 2.80. The lowest BCUT2D eigenvalue weighted by Crippen LogP contribution is -2.35. The summed E-state index contributed by atoms with van der Waals surface area (Å²) in [6.45, 7) is 0.907. The third-order valence-electron chi connectivity index (χ3n) is 4.34. The lowest BCUT2D eigenvalue weighted by Gasteiger charge is -2.25. The molecule has 1 aromatic heterocycles. The summed E-state index contributed by atoms with van der Waals surface area (Å²) in [6, 6.07) is 6.33.